The van der Waals surface area contributed by atoms with Crippen molar-refractivity contribution >= 4 is 5.91 Å². The van der Waals surface area contributed by atoms with Crippen LogP contribution in [0.25, 0.3) is 0 Å². The number of hydrogen-bond donors (Lipinski definition) is 3. The van der Waals surface area contributed by atoms with Crippen LogP contribution in [0, 0.1) is 5.92 Å². The molecule has 0 radical (unpaired) electrons. The summed E-state index contributed by atoms with van der Waals surface area (Å²) in [7, 11) is 0. The van der Waals surface area contributed by atoms with Gasteiger partial charge in [0.15, 0.2) is 6.10 Å². The van der Waals surface area contributed by atoms with Gasteiger partial charge < -0.3 is 16.2 Å². The summed E-state index contributed by atoms with van der Waals surface area (Å²) in [5.74, 6) is 0.163. The first-order chi connectivity index (χ1) is 8.18. The summed E-state index contributed by atoms with van der Waals surface area (Å²) < 4.78 is 0. The molecule has 4 nitrogen and oxygen atoms in total. The predicted molar refractivity (Wildman–Crippen MR) is 65.1 cm³/mol. The molecule has 4 heteroatoms. The molecule has 0 saturated heterocycles. The second kappa shape index (κ2) is 5.29. The summed E-state index contributed by atoms with van der Waals surface area (Å²) in [4.78, 5) is 11.7. The van der Waals surface area contributed by atoms with Gasteiger partial charge in [-0.05, 0) is 24.3 Å². The van der Waals surface area contributed by atoms with Crippen molar-refractivity contribution in [2.75, 3.05) is 6.54 Å². The van der Waals surface area contributed by atoms with Crippen molar-refractivity contribution in [3.8, 4) is 0 Å². The zero-order valence-electron chi connectivity index (χ0n) is 9.67. The summed E-state index contributed by atoms with van der Waals surface area (Å²) in [6.07, 6.45) is 1.19. The Morgan fingerprint density at radius 1 is 1.41 bits per heavy atom. The van der Waals surface area contributed by atoms with Crippen LogP contribution in [-0.4, -0.2) is 23.6 Å². The fraction of sp³-hybridized carbons (Fsp3) is 0.462. The van der Waals surface area contributed by atoms with E-state index in [1.807, 2.05) is 6.07 Å². The first-order valence-electron chi connectivity index (χ1n) is 5.95. The molecule has 1 aromatic rings. The minimum absolute atomic E-state index is 0.0157. The number of amides is 1. The van der Waals surface area contributed by atoms with Crippen LogP contribution in [-0.2, 0) is 4.79 Å². The lowest BCUT2D eigenvalue weighted by molar-refractivity contribution is -0.129. The van der Waals surface area contributed by atoms with E-state index in [-0.39, 0.29) is 11.9 Å². The Balaban J connectivity index is 1.82. The number of carbonyl (C=O) groups is 1. The van der Waals surface area contributed by atoms with E-state index in [0.717, 1.165) is 12.8 Å². The Hall–Kier alpha value is -1.39. The van der Waals surface area contributed by atoms with Gasteiger partial charge in [-0.3, -0.25) is 4.79 Å². The molecule has 2 unspecified atom stereocenters. The number of nitrogens with two attached hydrogens (primary N) is 1. The minimum atomic E-state index is -1.11. The van der Waals surface area contributed by atoms with Crippen molar-refractivity contribution in [3.05, 3.63) is 35.9 Å². The van der Waals surface area contributed by atoms with Gasteiger partial charge in [-0.25, -0.2) is 0 Å². The van der Waals surface area contributed by atoms with Crippen LogP contribution in [0.5, 0.6) is 0 Å². The summed E-state index contributed by atoms with van der Waals surface area (Å²) in [5.41, 5.74) is 6.47. The van der Waals surface area contributed by atoms with E-state index in [0.29, 0.717) is 18.0 Å². The molecule has 17 heavy (non-hydrogen) atoms. The van der Waals surface area contributed by atoms with E-state index in [1.54, 1.807) is 24.3 Å². The second-order valence-corrected chi connectivity index (χ2v) is 4.56. The van der Waals surface area contributed by atoms with E-state index in [2.05, 4.69) is 5.32 Å². The number of rotatable bonds is 5. The van der Waals surface area contributed by atoms with Crippen LogP contribution in [0.3, 0.4) is 0 Å². The van der Waals surface area contributed by atoms with Crippen LogP contribution >= 0.6 is 0 Å². The zero-order chi connectivity index (χ0) is 12.3. The van der Waals surface area contributed by atoms with Crippen LogP contribution in [0.4, 0.5) is 0 Å². The molecule has 92 valence electrons. The Morgan fingerprint density at radius 3 is 2.65 bits per heavy atom. The van der Waals surface area contributed by atoms with Crippen LogP contribution in [0.2, 0.25) is 0 Å². The Morgan fingerprint density at radius 2 is 2.06 bits per heavy atom. The molecule has 1 aliphatic rings. The molecule has 2 atom stereocenters. The molecule has 0 bridgehead atoms. The second-order valence-electron chi connectivity index (χ2n) is 4.56. The maximum absolute atomic E-state index is 11.7. The standard InChI is InChI=1S/C13H18N2O2/c14-11(9-6-7-9)8-15-13(17)12(16)10-4-2-1-3-5-10/h1-5,9,11-12,16H,6-8,14H2,(H,15,17). The largest absolute Gasteiger partial charge is 0.378 e. The Bertz CT molecular complexity index is 376. The van der Waals surface area contributed by atoms with Crippen LogP contribution in [0.1, 0.15) is 24.5 Å². The normalized spacial score (nSPS) is 18.5. The average molecular weight is 234 g/mol. The molecular formula is C13H18N2O2. The predicted octanol–water partition coefficient (Wildman–Crippen LogP) is 0.574. The van der Waals surface area contributed by atoms with Gasteiger partial charge in [-0.1, -0.05) is 30.3 Å². The highest BCUT2D eigenvalue weighted by molar-refractivity contribution is 5.81. The molecule has 0 aromatic heterocycles. The number of aliphatic hydroxyl groups excluding tert-OH is 1. The van der Waals surface area contributed by atoms with Gasteiger partial charge in [0, 0.05) is 12.6 Å². The van der Waals surface area contributed by atoms with Gasteiger partial charge in [0.2, 0.25) is 0 Å². The lowest BCUT2D eigenvalue weighted by Crippen LogP contribution is -2.40. The molecule has 1 fully saturated rings. The SMILES string of the molecule is NC(CNC(=O)C(O)c1ccccc1)C1CC1. The average Bonchev–Trinajstić information content (AvgIpc) is 3.20. The number of hydrogen-bond acceptors (Lipinski definition) is 3. The quantitative estimate of drug-likeness (QED) is 0.697. The van der Waals surface area contributed by atoms with Gasteiger partial charge >= 0.3 is 0 Å². The van der Waals surface area contributed by atoms with Crippen molar-refractivity contribution < 1.29 is 9.90 Å². The lowest BCUT2D eigenvalue weighted by atomic mass is 10.1. The molecule has 0 spiro atoms. The number of benzene rings is 1. The van der Waals surface area contributed by atoms with Crippen molar-refractivity contribution in [2.24, 2.45) is 11.7 Å². The van der Waals surface area contributed by atoms with Gasteiger partial charge in [0.25, 0.3) is 5.91 Å². The Kier molecular flexibility index (Phi) is 3.76. The third-order valence-electron chi connectivity index (χ3n) is 3.10. The molecule has 1 saturated carbocycles. The number of nitrogens with one attached hydrogen (secondary N) is 1. The van der Waals surface area contributed by atoms with Crippen molar-refractivity contribution in [2.45, 2.75) is 25.0 Å². The third kappa shape index (κ3) is 3.28. The molecule has 2 rings (SSSR count). The topological polar surface area (TPSA) is 75.3 Å². The first-order valence-corrected chi connectivity index (χ1v) is 5.95. The molecule has 1 aliphatic carbocycles. The molecule has 1 amide bonds. The summed E-state index contributed by atoms with van der Waals surface area (Å²) in [6.45, 7) is 0.438. The highest BCUT2D eigenvalue weighted by atomic mass is 16.3. The van der Waals surface area contributed by atoms with E-state index in [4.69, 9.17) is 5.73 Å². The maximum atomic E-state index is 11.7. The fourth-order valence-corrected chi connectivity index (χ4v) is 1.79. The summed E-state index contributed by atoms with van der Waals surface area (Å²) in [6, 6.07) is 8.90. The lowest BCUT2D eigenvalue weighted by Gasteiger charge is -2.14. The molecule has 4 N–H and O–H groups in total. The molecular weight excluding hydrogens is 216 g/mol. The van der Waals surface area contributed by atoms with E-state index in [9.17, 15) is 9.90 Å². The van der Waals surface area contributed by atoms with Crippen molar-refractivity contribution in [3.63, 3.8) is 0 Å². The summed E-state index contributed by atoms with van der Waals surface area (Å²) in [5, 5.41) is 12.5. The first kappa shape index (κ1) is 12.1. The highest BCUT2D eigenvalue weighted by Crippen LogP contribution is 2.31. The van der Waals surface area contributed by atoms with E-state index >= 15 is 0 Å². The van der Waals surface area contributed by atoms with Crippen molar-refractivity contribution in [1.29, 1.82) is 0 Å². The Labute approximate surface area is 101 Å². The molecule has 0 aliphatic heterocycles. The monoisotopic (exact) mass is 234 g/mol. The van der Waals surface area contributed by atoms with E-state index in [1.165, 1.54) is 0 Å². The van der Waals surface area contributed by atoms with Gasteiger partial charge in [0.05, 0.1) is 0 Å². The van der Waals surface area contributed by atoms with Crippen molar-refractivity contribution in [1.82, 2.24) is 5.32 Å². The van der Waals surface area contributed by atoms with Gasteiger partial charge in [-0.15, -0.1) is 0 Å². The third-order valence-corrected chi connectivity index (χ3v) is 3.10. The summed E-state index contributed by atoms with van der Waals surface area (Å²) >= 11 is 0. The number of carbonyl (C=O) groups excluding carboxylic acids is 1. The van der Waals surface area contributed by atoms with Crippen LogP contribution in [0.15, 0.2) is 30.3 Å². The minimum Gasteiger partial charge on any atom is -0.378 e. The number of aliphatic hydroxyl groups is 1. The smallest absolute Gasteiger partial charge is 0.253 e. The maximum Gasteiger partial charge on any atom is 0.253 e. The van der Waals surface area contributed by atoms with Gasteiger partial charge in [0.1, 0.15) is 0 Å². The van der Waals surface area contributed by atoms with Gasteiger partial charge in [-0.2, -0.15) is 0 Å². The molecule has 0 heterocycles. The van der Waals surface area contributed by atoms with E-state index < -0.39 is 6.10 Å². The van der Waals surface area contributed by atoms with Crippen LogP contribution < -0.4 is 11.1 Å². The molecule has 1 aromatic carbocycles. The zero-order valence-corrected chi connectivity index (χ0v) is 9.67. The highest BCUT2D eigenvalue weighted by Gasteiger charge is 2.29. The fourth-order valence-electron chi connectivity index (χ4n) is 1.79.